The number of aliphatic hydroxyl groups is 1. The zero-order chi connectivity index (χ0) is 13.6. The zero-order valence-electron chi connectivity index (χ0n) is 12.6. The standard InChI is InChI=1S/C15H31NO2/c1-5-15(6-2,16(3)4)14(17)11-7-9-13-10-8-12-18-13/h13-14,17H,5-12H2,1-4H3. The van der Waals surface area contributed by atoms with Crippen molar-refractivity contribution in [2.24, 2.45) is 0 Å². The fraction of sp³-hybridized carbons (Fsp3) is 1.00. The second kappa shape index (κ2) is 7.46. The van der Waals surface area contributed by atoms with E-state index in [2.05, 4.69) is 32.8 Å². The summed E-state index contributed by atoms with van der Waals surface area (Å²) in [5.74, 6) is 0. The predicted octanol–water partition coefficient (Wildman–Crippen LogP) is 2.82. The predicted molar refractivity (Wildman–Crippen MR) is 75.8 cm³/mol. The maximum Gasteiger partial charge on any atom is 0.0723 e. The van der Waals surface area contributed by atoms with Crippen LogP contribution in [-0.4, -0.2) is 48.5 Å². The molecule has 0 saturated carbocycles. The van der Waals surface area contributed by atoms with Gasteiger partial charge in [0, 0.05) is 12.1 Å². The van der Waals surface area contributed by atoms with E-state index >= 15 is 0 Å². The summed E-state index contributed by atoms with van der Waals surface area (Å²) in [4.78, 5) is 2.20. The molecule has 1 saturated heterocycles. The van der Waals surface area contributed by atoms with E-state index in [1.165, 1.54) is 12.8 Å². The third kappa shape index (κ3) is 3.69. The highest BCUT2D eigenvalue weighted by atomic mass is 16.5. The first-order valence-electron chi connectivity index (χ1n) is 7.54. The zero-order valence-corrected chi connectivity index (χ0v) is 12.6. The number of hydrogen-bond donors (Lipinski definition) is 1. The number of aliphatic hydroxyl groups excluding tert-OH is 1. The van der Waals surface area contributed by atoms with Crippen LogP contribution in [0, 0.1) is 0 Å². The molecule has 1 fully saturated rings. The van der Waals surface area contributed by atoms with Gasteiger partial charge in [0.25, 0.3) is 0 Å². The summed E-state index contributed by atoms with van der Waals surface area (Å²) in [6.45, 7) is 5.28. The van der Waals surface area contributed by atoms with Gasteiger partial charge in [0.05, 0.1) is 12.2 Å². The van der Waals surface area contributed by atoms with Gasteiger partial charge in [-0.2, -0.15) is 0 Å². The molecule has 0 amide bonds. The molecule has 1 N–H and O–H groups in total. The monoisotopic (exact) mass is 257 g/mol. The molecule has 1 heterocycles. The van der Waals surface area contributed by atoms with Crippen molar-refractivity contribution in [1.82, 2.24) is 4.90 Å². The smallest absolute Gasteiger partial charge is 0.0723 e. The highest BCUT2D eigenvalue weighted by Gasteiger charge is 2.36. The van der Waals surface area contributed by atoms with E-state index in [0.29, 0.717) is 6.10 Å². The summed E-state index contributed by atoms with van der Waals surface area (Å²) in [5, 5.41) is 10.5. The van der Waals surface area contributed by atoms with E-state index in [1.807, 2.05) is 0 Å². The Kier molecular flexibility index (Phi) is 6.61. The minimum Gasteiger partial charge on any atom is -0.391 e. The van der Waals surface area contributed by atoms with Gasteiger partial charge < -0.3 is 14.7 Å². The molecule has 2 unspecified atom stereocenters. The van der Waals surface area contributed by atoms with Crippen LogP contribution in [-0.2, 0) is 4.74 Å². The lowest BCUT2D eigenvalue weighted by atomic mass is 9.82. The summed E-state index contributed by atoms with van der Waals surface area (Å²) in [6.07, 6.45) is 7.69. The van der Waals surface area contributed by atoms with Crippen molar-refractivity contribution in [3.05, 3.63) is 0 Å². The van der Waals surface area contributed by atoms with Gasteiger partial charge in [0.15, 0.2) is 0 Å². The summed E-state index contributed by atoms with van der Waals surface area (Å²) < 4.78 is 5.63. The molecule has 0 radical (unpaired) electrons. The minimum absolute atomic E-state index is 0.0590. The molecule has 108 valence electrons. The van der Waals surface area contributed by atoms with E-state index in [4.69, 9.17) is 4.74 Å². The van der Waals surface area contributed by atoms with Crippen LogP contribution in [0.3, 0.4) is 0 Å². The van der Waals surface area contributed by atoms with Crippen LogP contribution in [0.25, 0.3) is 0 Å². The van der Waals surface area contributed by atoms with Crippen LogP contribution >= 0.6 is 0 Å². The Hall–Kier alpha value is -0.120. The summed E-state index contributed by atoms with van der Waals surface area (Å²) >= 11 is 0. The fourth-order valence-corrected chi connectivity index (χ4v) is 3.33. The van der Waals surface area contributed by atoms with Crippen molar-refractivity contribution in [3.8, 4) is 0 Å². The topological polar surface area (TPSA) is 32.7 Å². The van der Waals surface area contributed by atoms with E-state index in [9.17, 15) is 5.11 Å². The van der Waals surface area contributed by atoms with Crippen molar-refractivity contribution in [1.29, 1.82) is 0 Å². The lowest BCUT2D eigenvalue weighted by Crippen LogP contribution is -2.52. The molecule has 0 spiro atoms. The van der Waals surface area contributed by atoms with Crippen LogP contribution in [0.5, 0.6) is 0 Å². The first kappa shape index (κ1) is 15.9. The lowest BCUT2D eigenvalue weighted by Gasteiger charge is -2.42. The van der Waals surface area contributed by atoms with E-state index < -0.39 is 0 Å². The Balaban J connectivity index is 2.38. The summed E-state index contributed by atoms with van der Waals surface area (Å²) in [6, 6.07) is 0. The van der Waals surface area contributed by atoms with Crippen molar-refractivity contribution in [2.75, 3.05) is 20.7 Å². The van der Waals surface area contributed by atoms with Gasteiger partial charge in [-0.3, -0.25) is 0 Å². The van der Waals surface area contributed by atoms with Crippen LogP contribution in [0.1, 0.15) is 58.8 Å². The third-order valence-corrected chi connectivity index (χ3v) is 4.76. The van der Waals surface area contributed by atoms with Crippen molar-refractivity contribution in [2.45, 2.75) is 76.5 Å². The normalized spacial score (nSPS) is 22.7. The second-order valence-corrected chi connectivity index (χ2v) is 5.79. The Morgan fingerprint density at radius 2 is 2.00 bits per heavy atom. The van der Waals surface area contributed by atoms with Gasteiger partial charge in [-0.05, 0) is 59.0 Å². The molecule has 0 aliphatic carbocycles. The summed E-state index contributed by atoms with van der Waals surface area (Å²) in [5.41, 5.74) is -0.0590. The highest BCUT2D eigenvalue weighted by Crippen LogP contribution is 2.29. The molecule has 18 heavy (non-hydrogen) atoms. The van der Waals surface area contributed by atoms with Crippen molar-refractivity contribution >= 4 is 0 Å². The van der Waals surface area contributed by atoms with Gasteiger partial charge in [-0.15, -0.1) is 0 Å². The van der Waals surface area contributed by atoms with Crippen LogP contribution in [0.4, 0.5) is 0 Å². The largest absolute Gasteiger partial charge is 0.391 e. The van der Waals surface area contributed by atoms with Crippen LogP contribution < -0.4 is 0 Å². The molecular formula is C15H31NO2. The van der Waals surface area contributed by atoms with Crippen molar-refractivity contribution in [3.63, 3.8) is 0 Å². The molecule has 1 aliphatic heterocycles. The van der Waals surface area contributed by atoms with E-state index in [1.54, 1.807) is 0 Å². The maximum atomic E-state index is 10.5. The molecule has 0 aromatic carbocycles. The Morgan fingerprint density at radius 1 is 1.33 bits per heavy atom. The van der Waals surface area contributed by atoms with E-state index in [-0.39, 0.29) is 11.6 Å². The Bertz CT molecular complexity index is 221. The quantitative estimate of drug-likeness (QED) is 0.726. The highest BCUT2D eigenvalue weighted by molar-refractivity contribution is 4.92. The van der Waals surface area contributed by atoms with Crippen molar-refractivity contribution < 1.29 is 9.84 Å². The second-order valence-electron chi connectivity index (χ2n) is 5.79. The minimum atomic E-state index is -0.232. The van der Waals surface area contributed by atoms with Gasteiger partial charge >= 0.3 is 0 Å². The molecular weight excluding hydrogens is 226 g/mol. The molecule has 3 nitrogen and oxygen atoms in total. The number of ether oxygens (including phenoxy) is 1. The molecule has 3 heteroatoms. The fourth-order valence-electron chi connectivity index (χ4n) is 3.33. The molecule has 0 aromatic heterocycles. The maximum absolute atomic E-state index is 10.5. The summed E-state index contributed by atoms with van der Waals surface area (Å²) in [7, 11) is 4.16. The lowest BCUT2D eigenvalue weighted by molar-refractivity contribution is -0.0206. The molecule has 1 aliphatic rings. The number of likely N-dealkylation sites (N-methyl/N-ethyl adjacent to an activating group) is 1. The number of rotatable bonds is 8. The Morgan fingerprint density at radius 3 is 2.44 bits per heavy atom. The van der Waals surface area contributed by atoms with Gasteiger partial charge in [0.2, 0.25) is 0 Å². The van der Waals surface area contributed by atoms with Gasteiger partial charge in [0.1, 0.15) is 0 Å². The average molecular weight is 257 g/mol. The van der Waals surface area contributed by atoms with Gasteiger partial charge in [-0.1, -0.05) is 13.8 Å². The Labute approximate surface area is 113 Å². The molecule has 0 aromatic rings. The molecule has 1 rings (SSSR count). The van der Waals surface area contributed by atoms with Crippen LogP contribution in [0.2, 0.25) is 0 Å². The number of nitrogens with zero attached hydrogens (tertiary/aromatic N) is 1. The van der Waals surface area contributed by atoms with Crippen LogP contribution in [0.15, 0.2) is 0 Å². The first-order chi connectivity index (χ1) is 8.56. The SMILES string of the molecule is CCC(CC)(C(O)CCCC1CCCO1)N(C)C. The average Bonchev–Trinajstić information content (AvgIpc) is 2.84. The molecule has 2 atom stereocenters. The number of hydrogen-bond acceptors (Lipinski definition) is 3. The molecule has 0 bridgehead atoms. The van der Waals surface area contributed by atoms with E-state index in [0.717, 1.165) is 38.7 Å². The van der Waals surface area contributed by atoms with Gasteiger partial charge in [-0.25, -0.2) is 0 Å². The first-order valence-corrected chi connectivity index (χ1v) is 7.54. The third-order valence-electron chi connectivity index (χ3n) is 4.76.